The van der Waals surface area contributed by atoms with Crippen molar-refractivity contribution in [2.24, 2.45) is 0 Å². The lowest BCUT2D eigenvalue weighted by Gasteiger charge is -2.29. The van der Waals surface area contributed by atoms with Crippen LogP contribution in [-0.4, -0.2) is 22.8 Å². The minimum atomic E-state index is -0.530. The highest BCUT2D eigenvalue weighted by Gasteiger charge is 2.40. The molecule has 2 rings (SSSR count). The Bertz CT molecular complexity index is 389. The Balaban J connectivity index is 2.24. The Morgan fingerprint density at radius 1 is 1.35 bits per heavy atom. The third-order valence-corrected chi connectivity index (χ3v) is 3.64. The van der Waals surface area contributed by atoms with Crippen LogP contribution < -0.4 is 5.32 Å². The molecule has 1 aromatic rings. The van der Waals surface area contributed by atoms with Gasteiger partial charge in [0.15, 0.2) is 9.34 Å². The zero-order chi connectivity index (χ0) is 12.3. The van der Waals surface area contributed by atoms with Gasteiger partial charge in [0.05, 0.1) is 0 Å². The number of halogens is 2. The van der Waals surface area contributed by atoms with Gasteiger partial charge in [-0.1, -0.05) is 62.2 Å². The fourth-order valence-corrected chi connectivity index (χ4v) is 2.23. The summed E-state index contributed by atoms with van der Waals surface area (Å²) in [5.41, 5.74) is 0.511. The van der Waals surface area contributed by atoms with E-state index in [1.165, 1.54) is 0 Å². The number of alkyl halides is 2. The van der Waals surface area contributed by atoms with Crippen molar-refractivity contribution in [3.05, 3.63) is 35.9 Å². The van der Waals surface area contributed by atoms with Gasteiger partial charge in [0.25, 0.3) is 0 Å². The maximum Gasteiger partial charge on any atom is 0.331 e. The smallest absolute Gasteiger partial charge is 0.331 e. The van der Waals surface area contributed by atoms with Crippen molar-refractivity contribution in [2.45, 2.75) is 15.8 Å². The molecule has 1 aromatic carbocycles. The van der Waals surface area contributed by atoms with Gasteiger partial charge in [-0.05, 0) is 12.1 Å². The Hall–Kier alpha value is -0.390. The van der Waals surface area contributed by atoms with Crippen molar-refractivity contribution in [1.29, 1.82) is 0 Å². The molecule has 0 radical (unpaired) electrons. The van der Waals surface area contributed by atoms with Gasteiger partial charge in [0.1, 0.15) is 0 Å². The SMILES string of the molecule is O=C(OC1(c2ccccc2)CCNC1)C(Br)Br. The molecule has 0 spiro atoms. The number of esters is 1. The molecule has 1 fully saturated rings. The Morgan fingerprint density at radius 3 is 2.59 bits per heavy atom. The Kier molecular flexibility index (Phi) is 4.22. The Morgan fingerprint density at radius 2 is 2.06 bits per heavy atom. The molecule has 1 aliphatic heterocycles. The highest BCUT2D eigenvalue weighted by molar-refractivity contribution is 9.25. The summed E-state index contributed by atoms with van der Waals surface area (Å²) in [5.74, 6) is -0.294. The van der Waals surface area contributed by atoms with E-state index in [0.29, 0.717) is 6.54 Å². The monoisotopic (exact) mass is 361 g/mol. The fourth-order valence-electron chi connectivity index (χ4n) is 2.04. The number of benzene rings is 1. The van der Waals surface area contributed by atoms with Crippen molar-refractivity contribution in [3.63, 3.8) is 0 Å². The van der Waals surface area contributed by atoms with Crippen LogP contribution in [0.15, 0.2) is 30.3 Å². The largest absolute Gasteiger partial charge is 0.451 e. The third kappa shape index (κ3) is 2.89. The molecule has 5 heteroatoms. The van der Waals surface area contributed by atoms with Crippen LogP contribution >= 0.6 is 31.9 Å². The van der Waals surface area contributed by atoms with Gasteiger partial charge < -0.3 is 10.1 Å². The summed E-state index contributed by atoms with van der Waals surface area (Å²) in [7, 11) is 0. The highest BCUT2D eigenvalue weighted by atomic mass is 79.9. The van der Waals surface area contributed by atoms with Crippen molar-refractivity contribution < 1.29 is 9.53 Å². The topological polar surface area (TPSA) is 38.3 Å². The number of carbonyl (C=O) groups excluding carboxylic acids is 1. The molecular formula is C12H13Br2NO2. The fraction of sp³-hybridized carbons (Fsp3) is 0.417. The minimum Gasteiger partial charge on any atom is -0.451 e. The summed E-state index contributed by atoms with van der Waals surface area (Å²) < 4.78 is 5.19. The standard InChI is InChI=1S/C12H13Br2NO2/c13-10(14)11(16)17-12(6-7-15-8-12)9-4-2-1-3-5-9/h1-5,10,15H,6-8H2. The number of hydrogen-bond acceptors (Lipinski definition) is 3. The van der Waals surface area contributed by atoms with Gasteiger partial charge in [-0.25, -0.2) is 4.79 Å². The van der Waals surface area contributed by atoms with Gasteiger partial charge in [0.2, 0.25) is 0 Å². The van der Waals surface area contributed by atoms with Crippen LogP contribution in [0.3, 0.4) is 0 Å². The molecular weight excluding hydrogens is 350 g/mol. The lowest BCUT2D eigenvalue weighted by Crippen LogP contribution is -2.36. The highest BCUT2D eigenvalue weighted by Crippen LogP contribution is 2.33. The molecule has 1 heterocycles. The zero-order valence-electron chi connectivity index (χ0n) is 9.16. The van der Waals surface area contributed by atoms with E-state index in [0.717, 1.165) is 18.5 Å². The second-order valence-corrected chi connectivity index (χ2v) is 7.07. The normalized spacial score (nSPS) is 23.9. The minimum absolute atomic E-state index is 0.294. The first kappa shape index (κ1) is 13.1. The van der Waals surface area contributed by atoms with E-state index in [2.05, 4.69) is 37.2 Å². The van der Waals surface area contributed by atoms with Gasteiger partial charge in [-0.15, -0.1) is 0 Å². The van der Waals surface area contributed by atoms with Crippen LogP contribution in [0.25, 0.3) is 0 Å². The van der Waals surface area contributed by atoms with E-state index < -0.39 is 9.34 Å². The van der Waals surface area contributed by atoms with Gasteiger partial charge in [-0.3, -0.25) is 0 Å². The number of rotatable bonds is 3. The van der Waals surface area contributed by atoms with Gasteiger partial charge in [-0.2, -0.15) is 0 Å². The van der Waals surface area contributed by atoms with Crippen molar-refractivity contribution in [2.75, 3.05) is 13.1 Å². The van der Waals surface area contributed by atoms with Crippen molar-refractivity contribution in [3.8, 4) is 0 Å². The summed E-state index contributed by atoms with van der Waals surface area (Å²) in [5, 5.41) is 3.25. The summed E-state index contributed by atoms with van der Waals surface area (Å²) in [4.78, 5) is 11.7. The predicted molar refractivity (Wildman–Crippen MR) is 73.3 cm³/mol. The molecule has 0 aliphatic carbocycles. The lowest BCUT2D eigenvalue weighted by atomic mass is 9.93. The molecule has 0 saturated carbocycles. The molecule has 0 bridgehead atoms. The van der Waals surface area contributed by atoms with Crippen LogP contribution in [0.5, 0.6) is 0 Å². The van der Waals surface area contributed by atoms with Crippen molar-refractivity contribution in [1.82, 2.24) is 5.32 Å². The van der Waals surface area contributed by atoms with E-state index >= 15 is 0 Å². The first-order valence-corrected chi connectivity index (χ1v) is 7.24. The lowest BCUT2D eigenvalue weighted by molar-refractivity contribution is -0.156. The second-order valence-electron chi connectivity index (χ2n) is 4.01. The molecule has 0 amide bonds. The molecule has 17 heavy (non-hydrogen) atoms. The molecule has 1 aliphatic rings. The molecule has 1 saturated heterocycles. The summed E-state index contributed by atoms with van der Waals surface area (Å²) in [6.07, 6.45) is 0.801. The summed E-state index contributed by atoms with van der Waals surface area (Å²) in [6.45, 7) is 1.52. The van der Waals surface area contributed by atoms with E-state index in [1.807, 2.05) is 30.3 Å². The predicted octanol–water partition coefficient (Wildman–Crippen LogP) is 2.53. The van der Waals surface area contributed by atoms with E-state index in [4.69, 9.17) is 4.74 Å². The average molecular weight is 363 g/mol. The molecule has 1 atom stereocenters. The summed E-state index contributed by atoms with van der Waals surface area (Å²) in [6, 6.07) is 9.88. The number of hydrogen-bond donors (Lipinski definition) is 1. The van der Waals surface area contributed by atoms with Crippen LogP contribution in [-0.2, 0) is 15.1 Å². The summed E-state index contributed by atoms with van der Waals surface area (Å²) >= 11 is 6.33. The molecule has 0 aromatic heterocycles. The molecule has 1 unspecified atom stereocenters. The van der Waals surface area contributed by atoms with Gasteiger partial charge in [0, 0.05) is 13.0 Å². The molecule has 3 nitrogen and oxygen atoms in total. The first-order chi connectivity index (χ1) is 8.14. The first-order valence-electron chi connectivity index (χ1n) is 5.41. The van der Waals surface area contributed by atoms with Crippen LogP contribution in [0.2, 0.25) is 0 Å². The zero-order valence-corrected chi connectivity index (χ0v) is 12.3. The van der Waals surface area contributed by atoms with Crippen LogP contribution in [0.1, 0.15) is 12.0 Å². The average Bonchev–Trinajstić information content (AvgIpc) is 2.80. The van der Waals surface area contributed by atoms with E-state index in [1.54, 1.807) is 0 Å². The molecule has 1 N–H and O–H groups in total. The number of nitrogens with one attached hydrogen (secondary N) is 1. The van der Waals surface area contributed by atoms with Crippen LogP contribution in [0, 0.1) is 0 Å². The number of carbonyl (C=O) groups is 1. The van der Waals surface area contributed by atoms with Crippen LogP contribution in [0.4, 0.5) is 0 Å². The Labute approximate surface area is 117 Å². The second kappa shape index (κ2) is 5.50. The quantitative estimate of drug-likeness (QED) is 0.663. The van der Waals surface area contributed by atoms with E-state index in [-0.39, 0.29) is 5.97 Å². The maximum atomic E-state index is 11.7. The van der Waals surface area contributed by atoms with Crippen molar-refractivity contribution >= 4 is 37.8 Å². The number of ether oxygens (including phenoxy) is 1. The molecule has 92 valence electrons. The third-order valence-electron chi connectivity index (χ3n) is 2.89. The van der Waals surface area contributed by atoms with Gasteiger partial charge >= 0.3 is 5.97 Å². The van der Waals surface area contributed by atoms with E-state index in [9.17, 15) is 4.79 Å². The maximum absolute atomic E-state index is 11.7.